The molecule has 0 aromatic rings. The van der Waals surface area contributed by atoms with E-state index in [0.717, 1.165) is 0 Å². The highest BCUT2D eigenvalue weighted by atomic mass is 16.5. The van der Waals surface area contributed by atoms with Crippen molar-refractivity contribution in [3.05, 3.63) is 0 Å². The molecule has 4 atom stereocenters. The van der Waals surface area contributed by atoms with Gasteiger partial charge in [-0.25, -0.2) is 0 Å². The van der Waals surface area contributed by atoms with Crippen LogP contribution in [0.4, 0.5) is 0 Å². The monoisotopic (exact) mass is 205 g/mol. The fourth-order valence-electron chi connectivity index (χ4n) is 1.43. The molecule has 1 heterocycles. The maximum atomic E-state index is 10.7. The first-order chi connectivity index (χ1) is 6.56. The van der Waals surface area contributed by atoms with Gasteiger partial charge in [0.25, 0.3) is 0 Å². The summed E-state index contributed by atoms with van der Waals surface area (Å²) in [7, 11) is 0. The normalized spacial score (nSPS) is 38.0. The highest BCUT2D eigenvalue weighted by Gasteiger charge is 2.38. The minimum atomic E-state index is -1.18. The fourth-order valence-corrected chi connectivity index (χ4v) is 1.43. The van der Waals surface area contributed by atoms with Crippen molar-refractivity contribution >= 4 is 5.91 Å². The smallest absolute Gasteiger partial charge is 0.217 e. The van der Waals surface area contributed by atoms with Crippen LogP contribution in [-0.2, 0) is 9.53 Å². The first-order valence-electron chi connectivity index (χ1n) is 4.42. The lowest BCUT2D eigenvalue weighted by Crippen LogP contribution is -2.59. The summed E-state index contributed by atoms with van der Waals surface area (Å²) in [5.74, 6) is -0.299. The zero-order valence-corrected chi connectivity index (χ0v) is 7.88. The van der Waals surface area contributed by atoms with Gasteiger partial charge in [0.2, 0.25) is 5.91 Å². The van der Waals surface area contributed by atoms with Crippen LogP contribution in [0.25, 0.3) is 0 Å². The molecule has 0 bridgehead atoms. The second kappa shape index (κ2) is 4.70. The van der Waals surface area contributed by atoms with E-state index in [9.17, 15) is 15.0 Å². The minimum absolute atomic E-state index is 0.0863. The van der Waals surface area contributed by atoms with Crippen molar-refractivity contribution in [2.24, 2.45) is 0 Å². The maximum Gasteiger partial charge on any atom is 0.217 e. The van der Waals surface area contributed by atoms with Crippen LogP contribution >= 0.6 is 0 Å². The quantitative estimate of drug-likeness (QED) is 0.403. The number of ether oxygens (including phenoxy) is 1. The van der Waals surface area contributed by atoms with E-state index >= 15 is 0 Å². The SMILES string of the molecule is CC(=O)N[C@@H]1CO[C@H](CO)[C@H](O)[C@@H]1O. The van der Waals surface area contributed by atoms with Gasteiger partial charge in [-0.3, -0.25) is 4.79 Å². The molecule has 4 N–H and O–H groups in total. The molecule has 1 amide bonds. The van der Waals surface area contributed by atoms with E-state index in [1.807, 2.05) is 0 Å². The number of hydrogen-bond acceptors (Lipinski definition) is 5. The molecule has 14 heavy (non-hydrogen) atoms. The van der Waals surface area contributed by atoms with Crippen LogP contribution in [-0.4, -0.2) is 58.8 Å². The number of carbonyl (C=O) groups excluding carboxylic acids is 1. The summed E-state index contributed by atoms with van der Waals surface area (Å²) in [6.07, 6.45) is -3.06. The summed E-state index contributed by atoms with van der Waals surface area (Å²) in [5.41, 5.74) is 0. The van der Waals surface area contributed by atoms with Gasteiger partial charge >= 0.3 is 0 Å². The van der Waals surface area contributed by atoms with Crippen molar-refractivity contribution in [2.45, 2.75) is 31.3 Å². The second-order valence-electron chi connectivity index (χ2n) is 3.34. The molecule has 1 aliphatic heterocycles. The lowest BCUT2D eigenvalue weighted by atomic mass is 9.98. The zero-order valence-electron chi connectivity index (χ0n) is 7.88. The maximum absolute atomic E-state index is 10.7. The van der Waals surface area contributed by atoms with Crippen molar-refractivity contribution in [3.8, 4) is 0 Å². The van der Waals surface area contributed by atoms with Crippen LogP contribution in [0.1, 0.15) is 6.92 Å². The highest BCUT2D eigenvalue weighted by molar-refractivity contribution is 5.73. The molecule has 6 heteroatoms. The van der Waals surface area contributed by atoms with Gasteiger partial charge in [0.1, 0.15) is 18.3 Å². The molecule has 1 rings (SSSR count). The number of rotatable bonds is 2. The molecule has 0 saturated carbocycles. The lowest BCUT2D eigenvalue weighted by Gasteiger charge is -2.36. The summed E-state index contributed by atoms with van der Waals surface area (Å²) >= 11 is 0. The molecule has 6 nitrogen and oxygen atoms in total. The first kappa shape index (κ1) is 11.4. The Hall–Kier alpha value is -0.690. The van der Waals surface area contributed by atoms with Gasteiger partial charge in [0, 0.05) is 6.92 Å². The van der Waals surface area contributed by atoms with Crippen molar-refractivity contribution in [1.82, 2.24) is 5.32 Å². The summed E-state index contributed by atoms with van der Waals surface area (Å²) in [6, 6.07) is -0.620. The molecular weight excluding hydrogens is 190 g/mol. The zero-order chi connectivity index (χ0) is 10.7. The fraction of sp³-hybridized carbons (Fsp3) is 0.875. The molecule has 1 fully saturated rings. The predicted octanol–water partition coefficient (Wildman–Crippen LogP) is -2.40. The van der Waals surface area contributed by atoms with Crippen LogP contribution in [0.3, 0.4) is 0 Å². The Morgan fingerprint density at radius 1 is 1.50 bits per heavy atom. The molecule has 1 saturated heterocycles. The van der Waals surface area contributed by atoms with Crippen LogP contribution in [0.15, 0.2) is 0 Å². The predicted molar refractivity (Wildman–Crippen MR) is 46.4 cm³/mol. The van der Waals surface area contributed by atoms with Crippen LogP contribution < -0.4 is 5.32 Å². The third-order valence-electron chi connectivity index (χ3n) is 2.20. The Labute approximate surface area is 81.5 Å². The Morgan fingerprint density at radius 2 is 2.14 bits per heavy atom. The topological polar surface area (TPSA) is 99.0 Å². The number of hydrogen-bond donors (Lipinski definition) is 4. The van der Waals surface area contributed by atoms with E-state index in [1.165, 1.54) is 6.92 Å². The van der Waals surface area contributed by atoms with Gasteiger partial charge < -0.3 is 25.4 Å². The Morgan fingerprint density at radius 3 is 2.64 bits per heavy atom. The molecule has 0 aromatic carbocycles. The number of carbonyl (C=O) groups is 1. The van der Waals surface area contributed by atoms with Gasteiger partial charge in [0.05, 0.1) is 19.3 Å². The van der Waals surface area contributed by atoms with E-state index in [2.05, 4.69) is 5.32 Å². The number of nitrogens with one attached hydrogen (secondary N) is 1. The van der Waals surface area contributed by atoms with Gasteiger partial charge in [-0.15, -0.1) is 0 Å². The van der Waals surface area contributed by atoms with Crippen molar-refractivity contribution in [2.75, 3.05) is 13.2 Å². The molecule has 0 unspecified atom stereocenters. The Bertz CT molecular complexity index is 210. The highest BCUT2D eigenvalue weighted by Crippen LogP contribution is 2.14. The van der Waals surface area contributed by atoms with Gasteiger partial charge in [-0.2, -0.15) is 0 Å². The Balaban J connectivity index is 2.54. The van der Waals surface area contributed by atoms with Crippen molar-refractivity contribution < 1.29 is 24.9 Å². The number of aliphatic hydroxyl groups is 3. The van der Waals surface area contributed by atoms with Gasteiger partial charge in [0.15, 0.2) is 0 Å². The third kappa shape index (κ3) is 2.42. The van der Waals surface area contributed by atoms with E-state index in [-0.39, 0.29) is 19.1 Å². The Kier molecular flexibility index (Phi) is 3.82. The molecular formula is C8H15NO5. The number of amides is 1. The van der Waals surface area contributed by atoms with E-state index in [1.54, 1.807) is 0 Å². The summed E-state index contributed by atoms with van der Waals surface area (Å²) in [5, 5.41) is 30.2. The summed E-state index contributed by atoms with van der Waals surface area (Å²) < 4.78 is 5.05. The standard InChI is InChI=1S/C8H15NO5/c1-4(11)9-5-3-14-6(2-10)8(13)7(5)12/h5-8,10,12-13H,2-3H2,1H3,(H,9,11)/t5-,6-,7-,8+/m1/s1. The van der Waals surface area contributed by atoms with Crippen LogP contribution in [0, 0.1) is 0 Å². The average molecular weight is 205 g/mol. The lowest BCUT2D eigenvalue weighted by molar-refractivity contribution is -0.164. The molecule has 0 aliphatic carbocycles. The van der Waals surface area contributed by atoms with E-state index < -0.39 is 24.4 Å². The van der Waals surface area contributed by atoms with E-state index in [0.29, 0.717) is 0 Å². The van der Waals surface area contributed by atoms with Crippen LogP contribution in [0.5, 0.6) is 0 Å². The first-order valence-corrected chi connectivity index (χ1v) is 4.42. The molecule has 0 spiro atoms. The van der Waals surface area contributed by atoms with E-state index in [4.69, 9.17) is 9.84 Å². The molecule has 0 radical (unpaired) electrons. The molecule has 82 valence electrons. The minimum Gasteiger partial charge on any atom is -0.394 e. The molecule has 0 aromatic heterocycles. The number of aliphatic hydroxyl groups excluding tert-OH is 3. The molecule has 1 aliphatic rings. The van der Waals surface area contributed by atoms with Gasteiger partial charge in [-0.1, -0.05) is 0 Å². The van der Waals surface area contributed by atoms with Crippen molar-refractivity contribution in [1.29, 1.82) is 0 Å². The third-order valence-corrected chi connectivity index (χ3v) is 2.20. The van der Waals surface area contributed by atoms with Crippen molar-refractivity contribution in [3.63, 3.8) is 0 Å². The summed E-state index contributed by atoms with van der Waals surface area (Å²) in [4.78, 5) is 10.7. The second-order valence-corrected chi connectivity index (χ2v) is 3.34. The largest absolute Gasteiger partial charge is 0.394 e. The average Bonchev–Trinajstić information content (AvgIpc) is 2.13. The summed E-state index contributed by atoms with van der Waals surface area (Å²) in [6.45, 7) is 1.05. The van der Waals surface area contributed by atoms with Crippen LogP contribution in [0.2, 0.25) is 0 Å². The van der Waals surface area contributed by atoms with Gasteiger partial charge in [-0.05, 0) is 0 Å².